The summed E-state index contributed by atoms with van der Waals surface area (Å²) in [7, 11) is 1.65. The fourth-order valence-electron chi connectivity index (χ4n) is 2.37. The molecule has 4 nitrogen and oxygen atoms in total. The van der Waals surface area contributed by atoms with Gasteiger partial charge in [0.15, 0.2) is 0 Å². The van der Waals surface area contributed by atoms with Crippen LogP contribution >= 0.6 is 0 Å². The first kappa shape index (κ1) is 17.5. The van der Waals surface area contributed by atoms with E-state index < -0.39 is 5.97 Å². The molecule has 0 aromatic heterocycles. The highest BCUT2D eigenvalue weighted by atomic mass is 16.5. The van der Waals surface area contributed by atoms with E-state index in [-0.39, 0.29) is 12.0 Å². The van der Waals surface area contributed by atoms with Gasteiger partial charge in [0.05, 0.1) is 13.0 Å². The summed E-state index contributed by atoms with van der Waals surface area (Å²) >= 11 is 0. The lowest BCUT2D eigenvalue weighted by Gasteiger charge is -2.19. The van der Waals surface area contributed by atoms with Gasteiger partial charge in [-0.25, -0.2) is 0 Å². The van der Waals surface area contributed by atoms with Crippen molar-refractivity contribution in [3.05, 3.63) is 29.8 Å². The molecule has 0 aliphatic carbocycles. The average Bonchev–Trinajstić information content (AvgIpc) is 2.43. The van der Waals surface area contributed by atoms with Gasteiger partial charge in [-0.2, -0.15) is 0 Å². The van der Waals surface area contributed by atoms with Crippen molar-refractivity contribution in [3.8, 4) is 5.75 Å². The van der Waals surface area contributed by atoms with Crippen LogP contribution in [-0.4, -0.2) is 30.8 Å². The van der Waals surface area contributed by atoms with E-state index >= 15 is 0 Å². The van der Waals surface area contributed by atoms with Crippen LogP contribution in [-0.2, 0) is 11.2 Å². The molecule has 0 saturated heterocycles. The van der Waals surface area contributed by atoms with Crippen molar-refractivity contribution in [2.75, 3.05) is 13.7 Å². The molecular weight excluding hydrogens is 266 g/mol. The Bertz CT molecular complexity index is 428. The molecule has 0 aliphatic rings. The van der Waals surface area contributed by atoms with Crippen LogP contribution in [0.1, 0.15) is 32.8 Å². The zero-order valence-electron chi connectivity index (χ0n) is 13.4. The van der Waals surface area contributed by atoms with Crippen molar-refractivity contribution in [2.24, 2.45) is 11.8 Å². The van der Waals surface area contributed by atoms with Gasteiger partial charge in [0.1, 0.15) is 5.75 Å². The normalized spacial score (nSPS) is 14.0. The summed E-state index contributed by atoms with van der Waals surface area (Å²) in [5.41, 5.74) is 1.21. The summed E-state index contributed by atoms with van der Waals surface area (Å²) in [4.78, 5) is 11.2. The van der Waals surface area contributed by atoms with Crippen LogP contribution in [0.25, 0.3) is 0 Å². The lowest BCUT2D eigenvalue weighted by molar-refractivity contribution is -0.142. The standard InChI is InChI=1S/C17H27NO3/c1-12(2)9-15(17(19)20)11-18-13(3)10-14-5-7-16(21-4)8-6-14/h5-8,12-13,15,18H,9-11H2,1-4H3,(H,19,20). The number of aliphatic carboxylic acids is 1. The first-order valence-electron chi connectivity index (χ1n) is 7.51. The molecule has 1 aromatic carbocycles. The second-order valence-corrected chi connectivity index (χ2v) is 6.03. The minimum Gasteiger partial charge on any atom is -0.497 e. The fraction of sp³-hybridized carbons (Fsp3) is 0.588. The molecule has 0 saturated carbocycles. The molecule has 0 bridgehead atoms. The average molecular weight is 293 g/mol. The third kappa shape index (κ3) is 6.63. The number of carbonyl (C=O) groups is 1. The van der Waals surface area contributed by atoms with Gasteiger partial charge in [0.25, 0.3) is 0 Å². The highest BCUT2D eigenvalue weighted by Gasteiger charge is 2.19. The maximum absolute atomic E-state index is 11.2. The monoisotopic (exact) mass is 293 g/mol. The Labute approximate surface area is 127 Å². The summed E-state index contributed by atoms with van der Waals surface area (Å²) in [6.45, 7) is 6.71. The maximum atomic E-state index is 11.2. The summed E-state index contributed by atoms with van der Waals surface area (Å²) in [5.74, 6) is 0.211. The predicted molar refractivity (Wildman–Crippen MR) is 84.7 cm³/mol. The predicted octanol–water partition coefficient (Wildman–Crippen LogP) is 2.96. The number of nitrogens with one attached hydrogen (secondary N) is 1. The number of methoxy groups -OCH3 is 1. The Balaban J connectivity index is 2.44. The van der Waals surface area contributed by atoms with Gasteiger partial charge in [-0.05, 0) is 43.4 Å². The Hall–Kier alpha value is -1.55. The number of benzene rings is 1. The number of carboxylic acids is 1. The maximum Gasteiger partial charge on any atom is 0.307 e. The zero-order valence-corrected chi connectivity index (χ0v) is 13.4. The highest BCUT2D eigenvalue weighted by molar-refractivity contribution is 5.70. The van der Waals surface area contributed by atoms with Crippen LogP contribution in [0.2, 0.25) is 0 Å². The topological polar surface area (TPSA) is 58.6 Å². The summed E-state index contributed by atoms with van der Waals surface area (Å²) in [6, 6.07) is 8.22. The van der Waals surface area contributed by atoms with E-state index in [1.807, 2.05) is 24.3 Å². The van der Waals surface area contributed by atoms with Crippen molar-refractivity contribution < 1.29 is 14.6 Å². The Morgan fingerprint density at radius 2 is 1.86 bits per heavy atom. The Kier molecular flexibility index (Phi) is 7.23. The zero-order chi connectivity index (χ0) is 15.8. The molecule has 0 radical (unpaired) electrons. The molecule has 0 aliphatic heterocycles. The first-order valence-corrected chi connectivity index (χ1v) is 7.51. The molecule has 21 heavy (non-hydrogen) atoms. The van der Waals surface area contributed by atoms with E-state index in [0.717, 1.165) is 12.2 Å². The Morgan fingerprint density at radius 3 is 2.33 bits per heavy atom. The largest absolute Gasteiger partial charge is 0.497 e. The minimum atomic E-state index is -0.715. The molecule has 2 unspecified atom stereocenters. The van der Waals surface area contributed by atoms with Crippen molar-refractivity contribution in [2.45, 2.75) is 39.7 Å². The third-order valence-corrected chi connectivity index (χ3v) is 3.52. The van der Waals surface area contributed by atoms with Crippen LogP contribution in [0.15, 0.2) is 24.3 Å². The first-order chi connectivity index (χ1) is 9.92. The molecule has 1 rings (SSSR count). The van der Waals surface area contributed by atoms with E-state index in [1.54, 1.807) is 7.11 Å². The lowest BCUT2D eigenvalue weighted by atomic mass is 9.96. The molecule has 1 aromatic rings. The molecule has 0 heterocycles. The molecular formula is C17H27NO3. The summed E-state index contributed by atoms with van der Waals surface area (Å²) < 4.78 is 5.14. The van der Waals surface area contributed by atoms with Crippen LogP contribution in [0.5, 0.6) is 5.75 Å². The number of hydrogen-bond donors (Lipinski definition) is 2. The molecule has 118 valence electrons. The highest BCUT2D eigenvalue weighted by Crippen LogP contribution is 2.14. The number of ether oxygens (including phenoxy) is 1. The fourth-order valence-corrected chi connectivity index (χ4v) is 2.37. The quantitative estimate of drug-likeness (QED) is 0.735. The smallest absolute Gasteiger partial charge is 0.307 e. The molecule has 0 spiro atoms. The Morgan fingerprint density at radius 1 is 1.24 bits per heavy atom. The van der Waals surface area contributed by atoms with E-state index in [4.69, 9.17) is 4.74 Å². The van der Waals surface area contributed by atoms with E-state index in [0.29, 0.717) is 18.9 Å². The van der Waals surface area contributed by atoms with Crippen molar-refractivity contribution in [1.82, 2.24) is 5.32 Å². The number of carboxylic acid groups (broad SMARTS) is 1. The van der Waals surface area contributed by atoms with Crippen molar-refractivity contribution >= 4 is 5.97 Å². The summed E-state index contributed by atoms with van der Waals surface area (Å²) in [5, 5.41) is 12.6. The van der Waals surface area contributed by atoms with Gasteiger partial charge in [0.2, 0.25) is 0 Å². The van der Waals surface area contributed by atoms with Crippen LogP contribution < -0.4 is 10.1 Å². The number of hydrogen-bond acceptors (Lipinski definition) is 3. The lowest BCUT2D eigenvalue weighted by Crippen LogP contribution is -2.36. The molecule has 0 fully saturated rings. The van der Waals surface area contributed by atoms with Crippen LogP contribution in [0.4, 0.5) is 0 Å². The van der Waals surface area contributed by atoms with Crippen molar-refractivity contribution in [3.63, 3.8) is 0 Å². The van der Waals surface area contributed by atoms with Gasteiger partial charge >= 0.3 is 5.97 Å². The van der Waals surface area contributed by atoms with Crippen LogP contribution in [0.3, 0.4) is 0 Å². The SMILES string of the molecule is COc1ccc(CC(C)NCC(CC(C)C)C(=O)O)cc1. The molecule has 0 amide bonds. The number of rotatable bonds is 9. The third-order valence-electron chi connectivity index (χ3n) is 3.52. The van der Waals surface area contributed by atoms with Crippen LogP contribution in [0, 0.1) is 11.8 Å². The van der Waals surface area contributed by atoms with Gasteiger partial charge in [-0.1, -0.05) is 26.0 Å². The second kappa shape index (κ2) is 8.67. The minimum absolute atomic E-state index is 0.243. The second-order valence-electron chi connectivity index (χ2n) is 6.03. The van der Waals surface area contributed by atoms with E-state index in [2.05, 4.69) is 26.1 Å². The molecule has 4 heteroatoms. The van der Waals surface area contributed by atoms with E-state index in [9.17, 15) is 9.90 Å². The van der Waals surface area contributed by atoms with Gasteiger partial charge in [0, 0.05) is 12.6 Å². The molecule has 2 N–H and O–H groups in total. The van der Waals surface area contributed by atoms with E-state index in [1.165, 1.54) is 5.56 Å². The van der Waals surface area contributed by atoms with Gasteiger partial charge in [-0.15, -0.1) is 0 Å². The summed E-state index contributed by atoms with van der Waals surface area (Å²) in [6.07, 6.45) is 1.58. The molecule has 2 atom stereocenters. The van der Waals surface area contributed by atoms with Crippen molar-refractivity contribution in [1.29, 1.82) is 0 Å². The van der Waals surface area contributed by atoms with Gasteiger partial charge in [-0.3, -0.25) is 4.79 Å². The van der Waals surface area contributed by atoms with Gasteiger partial charge < -0.3 is 15.2 Å².